The lowest BCUT2D eigenvalue weighted by Gasteiger charge is -2.13. The molecule has 0 heterocycles. The summed E-state index contributed by atoms with van der Waals surface area (Å²) >= 11 is 3.40. The van der Waals surface area contributed by atoms with E-state index < -0.39 is 5.97 Å². The molecule has 0 amide bonds. The number of methoxy groups -OCH3 is 1. The summed E-state index contributed by atoms with van der Waals surface area (Å²) in [7, 11) is 1.55. The van der Waals surface area contributed by atoms with E-state index in [0.29, 0.717) is 23.7 Å². The molecule has 4 nitrogen and oxygen atoms in total. The summed E-state index contributed by atoms with van der Waals surface area (Å²) in [5.74, 6) is 0.320. The minimum absolute atomic E-state index is 0.0366. The summed E-state index contributed by atoms with van der Waals surface area (Å²) in [5, 5.41) is 8.80. The highest BCUT2D eigenvalue weighted by Crippen LogP contribution is 2.36. The van der Waals surface area contributed by atoms with E-state index in [4.69, 9.17) is 14.6 Å². The summed E-state index contributed by atoms with van der Waals surface area (Å²) in [6.07, 6.45) is 3.21. The first-order valence-corrected chi connectivity index (χ1v) is 7.08. The van der Waals surface area contributed by atoms with E-state index in [-0.39, 0.29) is 6.42 Å². The lowest BCUT2D eigenvalue weighted by atomic mass is 10.1. The zero-order chi connectivity index (χ0) is 14.3. The van der Waals surface area contributed by atoms with Crippen molar-refractivity contribution in [2.45, 2.75) is 32.6 Å². The van der Waals surface area contributed by atoms with Gasteiger partial charge in [0.25, 0.3) is 0 Å². The molecule has 0 atom stereocenters. The second kappa shape index (κ2) is 8.04. The van der Waals surface area contributed by atoms with Crippen LogP contribution in [0.2, 0.25) is 0 Å². The lowest BCUT2D eigenvalue weighted by Crippen LogP contribution is -2.03. The summed E-state index contributed by atoms with van der Waals surface area (Å²) < 4.78 is 11.7. The van der Waals surface area contributed by atoms with E-state index in [9.17, 15) is 4.79 Å². The average molecular weight is 331 g/mol. The standard InChI is InChI=1S/C14H19BrO4/c1-3-4-5-6-19-14-11(15)7-10(9-13(16)17)8-12(14)18-2/h7-8H,3-6,9H2,1-2H3,(H,16,17). The summed E-state index contributed by atoms with van der Waals surface area (Å²) in [6, 6.07) is 3.46. The Hall–Kier alpha value is -1.23. The van der Waals surface area contributed by atoms with Gasteiger partial charge in [0, 0.05) is 0 Å². The van der Waals surface area contributed by atoms with Crippen LogP contribution in [0.1, 0.15) is 31.7 Å². The van der Waals surface area contributed by atoms with Crippen LogP contribution in [0.25, 0.3) is 0 Å². The summed E-state index contributed by atoms with van der Waals surface area (Å²) in [4.78, 5) is 10.7. The molecule has 0 unspecified atom stereocenters. The fourth-order valence-electron chi connectivity index (χ4n) is 1.72. The van der Waals surface area contributed by atoms with E-state index in [0.717, 1.165) is 23.7 Å². The minimum Gasteiger partial charge on any atom is -0.493 e. The van der Waals surface area contributed by atoms with E-state index in [1.165, 1.54) is 0 Å². The van der Waals surface area contributed by atoms with Crippen molar-refractivity contribution in [2.75, 3.05) is 13.7 Å². The quantitative estimate of drug-likeness (QED) is 0.739. The molecule has 0 aliphatic carbocycles. The van der Waals surface area contributed by atoms with Crippen LogP contribution >= 0.6 is 15.9 Å². The smallest absolute Gasteiger partial charge is 0.307 e. The zero-order valence-electron chi connectivity index (χ0n) is 11.2. The van der Waals surface area contributed by atoms with Crippen LogP contribution in [0, 0.1) is 0 Å². The van der Waals surface area contributed by atoms with Crippen molar-refractivity contribution in [3.05, 3.63) is 22.2 Å². The molecule has 1 aromatic carbocycles. The predicted octanol–water partition coefficient (Wildman–Crippen LogP) is 3.65. The van der Waals surface area contributed by atoms with Crippen LogP contribution < -0.4 is 9.47 Å². The van der Waals surface area contributed by atoms with Crippen molar-refractivity contribution < 1.29 is 19.4 Å². The van der Waals surface area contributed by atoms with Gasteiger partial charge in [0.15, 0.2) is 11.5 Å². The van der Waals surface area contributed by atoms with E-state index in [2.05, 4.69) is 22.9 Å². The number of ether oxygens (including phenoxy) is 2. The third-order valence-corrected chi connectivity index (χ3v) is 3.23. The highest BCUT2D eigenvalue weighted by atomic mass is 79.9. The molecule has 0 bridgehead atoms. The molecule has 1 N–H and O–H groups in total. The van der Waals surface area contributed by atoms with Crippen molar-refractivity contribution in [1.82, 2.24) is 0 Å². The van der Waals surface area contributed by atoms with Crippen LogP contribution in [0.4, 0.5) is 0 Å². The molecule has 0 aliphatic heterocycles. The Labute approximate surface area is 121 Å². The van der Waals surface area contributed by atoms with Gasteiger partial charge in [-0.2, -0.15) is 0 Å². The molecule has 1 aromatic rings. The number of carboxylic acid groups (broad SMARTS) is 1. The van der Waals surface area contributed by atoms with E-state index >= 15 is 0 Å². The highest BCUT2D eigenvalue weighted by Gasteiger charge is 2.13. The molecule has 0 aliphatic rings. The van der Waals surface area contributed by atoms with E-state index in [1.807, 2.05) is 0 Å². The molecule has 1 rings (SSSR count). The molecular weight excluding hydrogens is 312 g/mol. The number of aliphatic carboxylic acids is 1. The fourth-order valence-corrected chi connectivity index (χ4v) is 2.32. The summed E-state index contributed by atoms with van der Waals surface area (Å²) in [5.41, 5.74) is 0.678. The molecule has 0 saturated carbocycles. The molecule has 0 spiro atoms. The Bertz CT molecular complexity index is 432. The lowest BCUT2D eigenvalue weighted by molar-refractivity contribution is -0.136. The topological polar surface area (TPSA) is 55.8 Å². The third kappa shape index (κ3) is 5.11. The number of halogens is 1. The van der Waals surface area contributed by atoms with Gasteiger partial charge in [0.1, 0.15) is 0 Å². The third-order valence-electron chi connectivity index (χ3n) is 2.64. The molecule has 106 valence electrons. The normalized spacial score (nSPS) is 10.3. The molecule has 19 heavy (non-hydrogen) atoms. The van der Waals surface area contributed by atoms with Crippen LogP contribution in [0.5, 0.6) is 11.5 Å². The maximum Gasteiger partial charge on any atom is 0.307 e. The number of hydrogen-bond acceptors (Lipinski definition) is 3. The van der Waals surface area contributed by atoms with Crippen LogP contribution in [0.3, 0.4) is 0 Å². The number of carboxylic acids is 1. The van der Waals surface area contributed by atoms with Crippen molar-refractivity contribution in [3.63, 3.8) is 0 Å². The Morgan fingerprint density at radius 2 is 2.11 bits per heavy atom. The Kier molecular flexibility index (Phi) is 6.70. The zero-order valence-corrected chi connectivity index (χ0v) is 12.8. The van der Waals surface area contributed by atoms with Crippen LogP contribution in [-0.4, -0.2) is 24.8 Å². The van der Waals surface area contributed by atoms with Gasteiger partial charge in [-0.3, -0.25) is 4.79 Å². The maximum absolute atomic E-state index is 10.7. The molecule has 0 aromatic heterocycles. The van der Waals surface area contributed by atoms with Gasteiger partial charge in [-0.25, -0.2) is 0 Å². The first-order chi connectivity index (χ1) is 9.08. The van der Waals surface area contributed by atoms with Crippen LogP contribution in [-0.2, 0) is 11.2 Å². The Morgan fingerprint density at radius 1 is 1.37 bits per heavy atom. The number of carbonyl (C=O) groups is 1. The Balaban J connectivity index is 2.82. The van der Waals surface area contributed by atoms with Gasteiger partial charge in [-0.15, -0.1) is 0 Å². The van der Waals surface area contributed by atoms with Gasteiger partial charge in [0.2, 0.25) is 0 Å². The molecule has 0 fully saturated rings. The van der Waals surface area contributed by atoms with Crippen molar-refractivity contribution in [2.24, 2.45) is 0 Å². The maximum atomic E-state index is 10.7. The average Bonchev–Trinajstić information content (AvgIpc) is 2.35. The second-order valence-corrected chi connectivity index (χ2v) is 5.09. The van der Waals surface area contributed by atoms with Crippen molar-refractivity contribution in [3.8, 4) is 11.5 Å². The van der Waals surface area contributed by atoms with Gasteiger partial charge in [0.05, 0.1) is 24.6 Å². The largest absolute Gasteiger partial charge is 0.493 e. The summed E-state index contributed by atoms with van der Waals surface area (Å²) in [6.45, 7) is 2.76. The first kappa shape index (κ1) is 15.8. The number of hydrogen-bond donors (Lipinski definition) is 1. The molecule has 0 radical (unpaired) electrons. The van der Waals surface area contributed by atoms with Crippen molar-refractivity contribution in [1.29, 1.82) is 0 Å². The molecule has 5 heteroatoms. The minimum atomic E-state index is -0.870. The van der Waals surface area contributed by atoms with Gasteiger partial charge >= 0.3 is 5.97 Å². The SMILES string of the molecule is CCCCCOc1c(Br)cc(CC(=O)O)cc1OC. The monoisotopic (exact) mass is 330 g/mol. The van der Waals surface area contributed by atoms with E-state index in [1.54, 1.807) is 19.2 Å². The van der Waals surface area contributed by atoms with Gasteiger partial charge in [-0.05, 0) is 40.0 Å². The van der Waals surface area contributed by atoms with Crippen molar-refractivity contribution >= 4 is 21.9 Å². The predicted molar refractivity (Wildman–Crippen MR) is 77.1 cm³/mol. The first-order valence-electron chi connectivity index (χ1n) is 6.29. The van der Waals surface area contributed by atoms with Crippen LogP contribution in [0.15, 0.2) is 16.6 Å². The molecular formula is C14H19BrO4. The number of rotatable bonds is 8. The second-order valence-electron chi connectivity index (χ2n) is 4.24. The number of benzene rings is 1. The Morgan fingerprint density at radius 3 is 2.68 bits per heavy atom. The van der Waals surface area contributed by atoms with Gasteiger partial charge in [-0.1, -0.05) is 19.8 Å². The fraction of sp³-hybridized carbons (Fsp3) is 0.500. The van der Waals surface area contributed by atoms with Gasteiger partial charge < -0.3 is 14.6 Å². The highest BCUT2D eigenvalue weighted by molar-refractivity contribution is 9.10. The molecule has 0 saturated heterocycles. The number of unbranched alkanes of at least 4 members (excludes halogenated alkanes) is 2.